The molecule has 0 bridgehead atoms. The van der Waals surface area contributed by atoms with Gasteiger partial charge in [-0.15, -0.1) is 0 Å². The molecule has 0 radical (unpaired) electrons. The largest absolute Gasteiger partial charge is 0.481 e. The third kappa shape index (κ3) is 3.41. The van der Waals surface area contributed by atoms with E-state index < -0.39 is 11.9 Å². The summed E-state index contributed by atoms with van der Waals surface area (Å²) >= 11 is 0. The van der Waals surface area contributed by atoms with Crippen molar-refractivity contribution in [1.82, 2.24) is 5.32 Å². The number of benzene rings is 1. The summed E-state index contributed by atoms with van der Waals surface area (Å²) in [5.74, 6) is -1.29. The van der Waals surface area contributed by atoms with Crippen LogP contribution in [0.4, 0.5) is 4.39 Å². The molecule has 3 rings (SSSR count). The van der Waals surface area contributed by atoms with E-state index in [0.717, 1.165) is 0 Å². The maximum Gasteiger partial charge on any atom is 0.306 e. The van der Waals surface area contributed by atoms with Crippen LogP contribution < -0.4 is 5.32 Å². The average Bonchev–Trinajstić information content (AvgIpc) is 3.17. The molecule has 1 fully saturated rings. The Morgan fingerprint density at radius 2 is 1.87 bits per heavy atom. The number of hydrogen-bond acceptors (Lipinski definition) is 3. The first-order valence-corrected chi connectivity index (χ1v) is 7.42. The number of rotatable bonds is 4. The summed E-state index contributed by atoms with van der Waals surface area (Å²) in [6.07, 6.45) is 1.65. The molecule has 1 aliphatic carbocycles. The molecular formula is C17H16FNO4. The van der Waals surface area contributed by atoms with Crippen LogP contribution in [0.2, 0.25) is 0 Å². The van der Waals surface area contributed by atoms with Crippen LogP contribution in [0.1, 0.15) is 29.8 Å². The SMILES string of the molecule is O=C(N[C@H]1CC[C@@H](C(=O)O)C1)c1ccc(-c2ccc(F)cc2)o1. The Balaban J connectivity index is 1.65. The first-order valence-electron chi connectivity index (χ1n) is 7.42. The summed E-state index contributed by atoms with van der Waals surface area (Å²) in [4.78, 5) is 23.1. The van der Waals surface area contributed by atoms with Crippen molar-refractivity contribution in [2.75, 3.05) is 0 Å². The zero-order valence-corrected chi connectivity index (χ0v) is 12.3. The zero-order chi connectivity index (χ0) is 16.4. The lowest BCUT2D eigenvalue weighted by Crippen LogP contribution is -2.33. The van der Waals surface area contributed by atoms with E-state index in [4.69, 9.17) is 9.52 Å². The van der Waals surface area contributed by atoms with E-state index in [1.54, 1.807) is 24.3 Å². The van der Waals surface area contributed by atoms with Crippen molar-refractivity contribution >= 4 is 11.9 Å². The van der Waals surface area contributed by atoms with Gasteiger partial charge in [-0.25, -0.2) is 4.39 Å². The Labute approximate surface area is 132 Å². The summed E-state index contributed by atoms with van der Waals surface area (Å²) in [6, 6.07) is 8.84. The molecule has 1 aliphatic rings. The number of carboxylic acids is 1. The number of amides is 1. The lowest BCUT2D eigenvalue weighted by atomic mass is 10.1. The van der Waals surface area contributed by atoms with E-state index >= 15 is 0 Å². The van der Waals surface area contributed by atoms with Crippen LogP contribution in [-0.4, -0.2) is 23.0 Å². The third-order valence-electron chi connectivity index (χ3n) is 4.08. The van der Waals surface area contributed by atoms with Crippen LogP contribution in [0, 0.1) is 11.7 Å². The van der Waals surface area contributed by atoms with Gasteiger partial charge in [0.2, 0.25) is 0 Å². The second-order valence-electron chi connectivity index (χ2n) is 5.69. The highest BCUT2D eigenvalue weighted by Gasteiger charge is 2.31. The summed E-state index contributed by atoms with van der Waals surface area (Å²) < 4.78 is 18.4. The average molecular weight is 317 g/mol. The van der Waals surface area contributed by atoms with Crippen molar-refractivity contribution in [1.29, 1.82) is 0 Å². The van der Waals surface area contributed by atoms with Gasteiger partial charge in [0.05, 0.1) is 5.92 Å². The van der Waals surface area contributed by atoms with Crippen molar-refractivity contribution in [2.24, 2.45) is 5.92 Å². The van der Waals surface area contributed by atoms with Crippen LogP contribution in [0.5, 0.6) is 0 Å². The minimum absolute atomic E-state index is 0.150. The quantitative estimate of drug-likeness (QED) is 0.908. The number of carbonyl (C=O) groups is 2. The van der Waals surface area contributed by atoms with Gasteiger partial charge in [-0.2, -0.15) is 0 Å². The lowest BCUT2D eigenvalue weighted by molar-refractivity contribution is -0.141. The minimum Gasteiger partial charge on any atom is -0.481 e. The number of aliphatic carboxylic acids is 1. The molecule has 1 aromatic heterocycles. The van der Waals surface area contributed by atoms with E-state index in [9.17, 15) is 14.0 Å². The highest BCUT2D eigenvalue weighted by Crippen LogP contribution is 2.27. The van der Waals surface area contributed by atoms with E-state index in [2.05, 4.69) is 5.32 Å². The smallest absolute Gasteiger partial charge is 0.306 e. The van der Waals surface area contributed by atoms with Crippen LogP contribution in [-0.2, 0) is 4.79 Å². The number of halogens is 1. The van der Waals surface area contributed by atoms with Gasteiger partial charge in [-0.1, -0.05) is 0 Å². The van der Waals surface area contributed by atoms with Gasteiger partial charge >= 0.3 is 5.97 Å². The first-order chi connectivity index (χ1) is 11.0. The molecule has 1 amide bonds. The van der Waals surface area contributed by atoms with Crippen molar-refractivity contribution in [3.63, 3.8) is 0 Å². The molecule has 2 N–H and O–H groups in total. The van der Waals surface area contributed by atoms with Gasteiger partial charge in [0, 0.05) is 11.6 Å². The van der Waals surface area contributed by atoms with E-state index in [-0.39, 0.29) is 23.5 Å². The molecule has 1 heterocycles. The fraction of sp³-hybridized carbons (Fsp3) is 0.294. The van der Waals surface area contributed by atoms with Gasteiger partial charge in [0.25, 0.3) is 5.91 Å². The number of nitrogens with one attached hydrogen (secondary N) is 1. The summed E-state index contributed by atoms with van der Waals surface area (Å²) in [5.41, 5.74) is 0.678. The molecule has 120 valence electrons. The lowest BCUT2D eigenvalue weighted by Gasteiger charge is -2.10. The highest BCUT2D eigenvalue weighted by atomic mass is 19.1. The molecule has 0 aliphatic heterocycles. The Kier molecular flexibility index (Phi) is 4.14. The number of carboxylic acid groups (broad SMARTS) is 1. The van der Waals surface area contributed by atoms with Gasteiger partial charge < -0.3 is 14.8 Å². The highest BCUT2D eigenvalue weighted by molar-refractivity contribution is 5.92. The number of carbonyl (C=O) groups excluding carboxylic acids is 1. The number of furan rings is 1. The Morgan fingerprint density at radius 1 is 1.13 bits per heavy atom. The predicted molar refractivity (Wildman–Crippen MR) is 80.3 cm³/mol. The van der Waals surface area contributed by atoms with Crippen molar-refractivity contribution in [3.05, 3.63) is 48.0 Å². The molecule has 1 saturated carbocycles. The second-order valence-corrected chi connectivity index (χ2v) is 5.69. The van der Waals surface area contributed by atoms with Crippen LogP contribution in [0.25, 0.3) is 11.3 Å². The minimum atomic E-state index is -0.821. The van der Waals surface area contributed by atoms with Crippen molar-refractivity contribution < 1.29 is 23.5 Å². The standard InChI is InChI=1S/C17H16FNO4/c18-12-4-1-10(2-5-12)14-7-8-15(23-14)16(20)19-13-6-3-11(9-13)17(21)22/h1-2,4-5,7-8,11,13H,3,6,9H2,(H,19,20)(H,21,22)/t11-,13+/m1/s1. The Hall–Kier alpha value is -2.63. The van der Waals surface area contributed by atoms with Crippen molar-refractivity contribution in [2.45, 2.75) is 25.3 Å². The molecule has 6 heteroatoms. The molecule has 2 atom stereocenters. The topological polar surface area (TPSA) is 79.5 Å². The Bertz CT molecular complexity index is 722. The fourth-order valence-corrected chi connectivity index (χ4v) is 2.82. The fourth-order valence-electron chi connectivity index (χ4n) is 2.82. The predicted octanol–water partition coefficient (Wildman–Crippen LogP) is 3.07. The normalized spacial score (nSPS) is 20.4. The van der Waals surface area contributed by atoms with E-state index in [1.165, 1.54) is 12.1 Å². The van der Waals surface area contributed by atoms with Crippen LogP contribution in [0.15, 0.2) is 40.8 Å². The molecule has 2 aromatic rings. The molecule has 1 aromatic carbocycles. The molecule has 0 unspecified atom stereocenters. The number of hydrogen-bond donors (Lipinski definition) is 2. The summed E-state index contributed by atoms with van der Waals surface area (Å²) in [7, 11) is 0. The maximum absolute atomic E-state index is 12.9. The third-order valence-corrected chi connectivity index (χ3v) is 4.08. The Morgan fingerprint density at radius 3 is 2.52 bits per heavy atom. The van der Waals surface area contributed by atoms with Crippen LogP contribution in [0.3, 0.4) is 0 Å². The van der Waals surface area contributed by atoms with Crippen molar-refractivity contribution in [3.8, 4) is 11.3 Å². The first kappa shape index (κ1) is 15.3. The van der Waals surface area contributed by atoms with Gasteiger partial charge in [-0.3, -0.25) is 9.59 Å². The molecular weight excluding hydrogens is 301 g/mol. The molecule has 0 spiro atoms. The van der Waals surface area contributed by atoms with Crippen LogP contribution >= 0.6 is 0 Å². The van der Waals surface area contributed by atoms with Gasteiger partial charge in [0.15, 0.2) is 5.76 Å². The van der Waals surface area contributed by atoms with Gasteiger partial charge in [-0.05, 0) is 55.7 Å². The summed E-state index contributed by atoms with van der Waals surface area (Å²) in [5, 5.41) is 11.8. The van der Waals surface area contributed by atoms with E-state index in [1.807, 2.05) is 0 Å². The second kappa shape index (κ2) is 6.24. The monoisotopic (exact) mass is 317 g/mol. The van der Waals surface area contributed by atoms with Gasteiger partial charge in [0.1, 0.15) is 11.6 Å². The molecule has 0 saturated heterocycles. The molecule has 5 nitrogen and oxygen atoms in total. The summed E-state index contributed by atoms with van der Waals surface area (Å²) in [6.45, 7) is 0. The zero-order valence-electron chi connectivity index (χ0n) is 12.3. The maximum atomic E-state index is 12.9. The molecule has 23 heavy (non-hydrogen) atoms. The van der Waals surface area contributed by atoms with E-state index in [0.29, 0.717) is 30.6 Å².